The first-order valence-corrected chi connectivity index (χ1v) is 25.1. The van der Waals surface area contributed by atoms with Crippen molar-refractivity contribution >= 4 is 130 Å². The number of H-pyrrole nitrogens is 2. The number of nitro groups is 1. The van der Waals surface area contributed by atoms with E-state index in [0.717, 1.165) is 74.6 Å². The van der Waals surface area contributed by atoms with Gasteiger partial charge in [-0.2, -0.15) is 0 Å². The Balaban J connectivity index is 1.80. The molecule has 0 aliphatic carbocycles. The van der Waals surface area contributed by atoms with E-state index in [0.29, 0.717) is 57.0 Å². The number of hydrogen-bond donors (Lipinski definition) is 2. The monoisotopic (exact) mass is 879 g/mol. The van der Waals surface area contributed by atoms with E-state index in [9.17, 15) is 10.1 Å². The van der Waals surface area contributed by atoms with Gasteiger partial charge in [0.05, 0.1) is 44.8 Å². The lowest BCUT2D eigenvalue weighted by atomic mass is 10.2. The molecule has 0 unspecified atom stereocenters. The number of thioether (sulfide) groups is 7. The molecule has 292 valence electrons. The molecule has 0 saturated heterocycles. The van der Waals surface area contributed by atoms with E-state index in [1.807, 2.05) is 0 Å². The summed E-state index contributed by atoms with van der Waals surface area (Å²) in [5.74, 6) is 14.8. The molecule has 56 heavy (non-hydrogen) atoms. The zero-order valence-electron chi connectivity index (χ0n) is 32.1. The predicted molar refractivity (Wildman–Crippen MR) is 247 cm³/mol. The number of hydrogen-bond acceptors (Lipinski definition) is 15. The first-order chi connectivity index (χ1) is 27.3. The molecule has 18 heteroatoms. The standard InChI is InChI=1S/C38H41N9O2S7/c1-8-50-24-23(20-17-21-15-18-22(19-16-21)47(48)49)31-39-32(24)41-34-27(53-11-4)28(54-12-5)36(43-34)45-38-30(56-14-7)29(55-13-6)37(46-38)44-35-26(52-10-3)25(51-9-2)33(40-31)42-35/h15-16,18-19H,8-14H2,1-7H3,(H2,39,40,41,42,43,44,45,46). The fourth-order valence-corrected chi connectivity index (χ4v) is 11.9. The van der Waals surface area contributed by atoms with E-state index in [1.165, 1.54) is 12.1 Å². The molecule has 0 spiro atoms. The number of fused-ring (bicyclic) bond motifs is 8. The maximum Gasteiger partial charge on any atom is 0.269 e. The summed E-state index contributed by atoms with van der Waals surface area (Å²) in [6, 6.07) is 6.25. The van der Waals surface area contributed by atoms with E-state index in [2.05, 4.69) is 70.3 Å². The van der Waals surface area contributed by atoms with Crippen LogP contribution in [0.3, 0.4) is 0 Å². The van der Waals surface area contributed by atoms with E-state index in [1.54, 1.807) is 94.5 Å². The van der Waals surface area contributed by atoms with Crippen LogP contribution in [0.2, 0.25) is 0 Å². The van der Waals surface area contributed by atoms with E-state index in [-0.39, 0.29) is 5.69 Å². The van der Waals surface area contributed by atoms with Gasteiger partial charge in [0.25, 0.3) is 5.69 Å². The molecule has 0 saturated carbocycles. The number of nitro benzene ring substituents is 1. The highest BCUT2D eigenvalue weighted by atomic mass is 32.2. The number of aromatic nitrogens is 8. The second-order valence-corrected chi connectivity index (χ2v) is 20.3. The van der Waals surface area contributed by atoms with Crippen LogP contribution in [-0.2, 0) is 0 Å². The predicted octanol–water partition coefficient (Wildman–Crippen LogP) is 11.2. The summed E-state index contributed by atoms with van der Waals surface area (Å²) in [6.45, 7) is 14.9. The van der Waals surface area contributed by atoms with Crippen LogP contribution in [0.5, 0.6) is 0 Å². The van der Waals surface area contributed by atoms with Crippen molar-refractivity contribution in [1.82, 2.24) is 39.9 Å². The molecule has 0 atom stereocenters. The average molecular weight is 880 g/mol. The van der Waals surface area contributed by atoms with Crippen molar-refractivity contribution in [3.05, 3.63) is 68.8 Å². The Morgan fingerprint density at radius 1 is 0.500 bits per heavy atom. The Bertz CT molecular complexity index is 2420. The van der Waals surface area contributed by atoms with E-state index in [4.69, 9.17) is 29.9 Å². The van der Waals surface area contributed by atoms with Crippen molar-refractivity contribution in [2.75, 3.05) is 40.3 Å². The third-order valence-corrected chi connectivity index (χ3v) is 14.9. The Morgan fingerprint density at radius 3 is 1.32 bits per heavy atom. The summed E-state index contributed by atoms with van der Waals surface area (Å²) in [5, 5.41) is 11.3. The van der Waals surface area contributed by atoms with Gasteiger partial charge in [-0.25, -0.2) is 29.9 Å². The van der Waals surface area contributed by atoms with Crippen molar-refractivity contribution in [3.63, 3.8) is 0 Å². The molecule has 2 aliphatic rings. The van der Waals surface area contributed by atoms with Gasteiger partial charge in [0.15, 0.2) is 28.9 Å². The van der Waals surface area contributed by atoms with Crippen LogP contribution in [0.25, 0.3) is 42.2 Å². The molecule has 1 aromatic carbocycles. The highest BCUT2D eigenvalue weighted by Gasteiger charge is 2.28. The van der Waals surface area contributed by atoms with Crippen molar-refractivity contribution in [2.45, 2.75) is 63.2 Å². The van der Waals surface area contributed by atoms with Crippen LogP contribution in [0, 0.1) is 22.0 Å². The quantitative estimate of drug-likeness (QED) is 0.0504. The van der Waals surface area contributed by atoms with Gasteiger partial charge in [-0.3, -0.25) is 10.1 Å². The van der Waals surface area contributed by atoms with Crippen LogP contribution in [-0.4, -0.2) is 85.1 Å². The van der Waals surface area contributed by atoms with Crippen LogP contribution in [0.4, 0.5) is 5.69 Å². The molecular formula is C38H41N9O2S7. The number of nitrogens with one attached hydrogen (secondary N) is 2. The summed E-state index contributed by atoms with van der Waals surface area (Å²) < 4.78 is 0. The molecule has 5 heterocycles. The summed E-state index contributed by atoms with van der Waals surface area (Å²) in [7, 11) is 0. The Kier molecular flexibility index (Phi) is 15.3. The van der Waals surface area contributed by atoms with Gasteiger partial charge >= 0.3 is 0 Å². The SMILES string of the molecule is CCSC1=C(SCC)c2nc1nc1nc(nc3[nH]c(nc4[nH]c(n2)c(C#Cc2ccc([N+](=O)[O-])cc2)c4SCC)c(SCC)c3SCC)C(SCC)=C1SCC. The van der Waals surface area contributed by atoms with Gasteiger partial charge in [0.1, 0.15) is 16.9 Å². The minimum Gasteiger partial charge on any atom is -0.323 e. The summed E-state index contributed by atoms with van der Waals surface area (Å²) in [5.41, 5.74) is 3.88. The summed E-state index contributed by atoms with van der Waals surface area (Å²) in [4.78, 5) is 56.2. The lowest BCUT2D eigenvalue weighted by molar-refractivity contribution is -0.384. The van der Waals surface area contributed by atoms with Gasteiger partial charge in [-0.05, 0) is 52.4 Å². The van der Waals surface area contributed by atoms with Crippen molar-refractivity contribution in [2.24, 2.45) is 0 Å². The Hall–Kier alpha value is -3.05. The fourth-order valence-electron chi connectivity index (χ4n) is 5.61. The highest BCUT2D eigenvalue weighted by Crippen LogP contribution is 2.46. The van der Waals surface area contributed by atoms with Crippen LogP contribution < -0.4 is 0 Å². The number of benzene rings is 1. The van der Waals surface area contributed by atoms with Crippen LogP contribution in [0.1, 0.15) is 82.9 Å². The molecule has 4 aromatic rings. The largest absolute Gasteiger partial charge is 0.323 e. The number of nitrogens with zero attached hydrogens (tertiary/aromatic N) is 7. The molecule has 6 rings (SSSR count). The summed E-state index contributed by atoms with van der Waals surface area (Å²) in [6.07, 6.45) is 0. The van der Waals surface area contributed by atoms with Gasteiger partial charge in [-0.1, -0.05) is 60.3 Å². The third kappa shape index (κ3) is 9.29. The first kappa shape index (κ1) is 42.6. The summed E-state index contributed by atoms with van der Waals surface area (Å²) >= 11 is 11.9. The lowest BCUT2D eigenvalue weighted by Crippen LogP contribution is -1.92. The van der Waals surface area contributed by atoms with Crippen molar-refractivity contribution in [3.8, 4) is 11.8 Å². The van der Waals surface area contributed by atoms with Crippen molar-refractivity contribution < 1.29 is 4.92 Å². The minimum atomic E-state index is -0.413. The van der Waals surface area contributed by atoms with Gasteiger partial charge in [-0.15, -0.1) is 82.3 Å². The second kappa shape index (κ2) is 20.1. The molecule has 0 amide bonds. The minimum absolute atomic E-state index is 0.0117. The molecule has 11 nitrogen and oxygen atoms in total. The first-order valence-electron chi connectivity index (χ1n) is 18.2. The smallest absolute Gasteiger partial charge is 0.269 e. The molecule has 8 bridgehead atoms. The fraction of sp³-hybridized carbons (Fsp3) is 0.368. The Labute approximate surface area is 356 Å². The topological polar surface area (TPSA) is 152 Å². The van der Waals surface area contributed by atoms with E-state index >= 15 is 0 Å². The maximum atomic E-state index is 11.3. The molecular weight excluding hydrogens is 839 g/mol. The molecule has 0 fully saturated rings. The van der Waals surface area contributed by atoms with Crippen LogP contribution >= 0.6 is 82.3 Å². The third-order valence-electron chi connectivity index (χ3n) is 7.74. The van der Waals surface area contributed by atoms with Gasteiger partial charge in [0.2, 0.25) is 0 Å². The van der Waals surface area contributed by atoms with Crippen molar-refractivity contribution in [1.29, 1.82) is 0 Å². The maximum absolute atomic E-state index is 11.3. The zero-order chi connectivity index (χ0) is 39.8. The number of rotatable bonds is 15. The second-order valence-electron chi connectivity index (χ2n) is 11.4. The van der Waals surface area contributed by atoms with Gasteiger partial charge in [0, 0.05) is 17.7 Å². The number of non-ortho nitro benzene ring substituents is 1. The molecule has 3 aromatic heterocycles. The zero-order valence-corrected chi connectivity index (χ0v) is 37.8. The molecule has 2 N–H and O–H groups in total. The van der Waals surface area contributed by atoms with Crippen LogP contribution in [0.15, 0.2) is 39.0 Å². The normalized spacial score (nSPS) is 12.7. The highest BCUT2D eigenvalue weighted by molar-refractivity contribution is 8.14. The lowest BCUT2D eigenvalue weighted by Gasteiger charge is -2.05. The molecule has 2 aliphatic heterocycles. The van der Waals surface area contributed by atoms with Gasteiger partial charge < -0.3 is 9.97 Å². The average Bonchev–Trinajstić information content (AvgIpc) is 3.87. The van der Waals surface area contributed by atoms with E-state index < -0.39 is 4.92 Å². The number of aromatic amines is 2. The Morgan fingerprint density at radius 2 is 0.875 bits per heavy atom. The molecule has 0 radical (unpaired) electrons.